The van der Waals surface area contributed by atoms with Crippen LogP contribution in [0.15, 0.2) is 0 Å². The van der Waals surface area contributed by atoms with Crippen LogP contribution in [-0.2, 0) is 0 Å². The summed E-state index contributed by atoms with van der Waals surface area (Å²) in [6.07, 6.45) is 12.1. The van der Waals surface area contributed by atoms with Crippen LogP contribution in [0.5, 0.6) is 0 Å². The Bertz CT molecular complexity index is 295. The second-order valence-electron chi connectivity index (χ2n) is 7.54. The Morgan fingerprint density at radius 3 is 2.71 bits per heavy atom. The van der Waals surface area contributed by atoms with E-state index in [0.29, 0.717) is 0 Å². The number of rotatable bonds is 8. The molecule has 2 fully saturated rings. The number of aliphatic hydroxyl groups excluding tert-OH is 1. The Labute approximate surface area is 131 Å². The summed E-state index contributed by atoms with van der Waals surface area (Å²) in [4.78, 5) is 2.77. The first-order valence-corrected chi connectivity index (χ1v) is 9.28. The van der Waals surface area contributed by atoms with Crippen LogP contribution in [0.25, 0.3) is 0 Å². The Kier molecular flexibility index (Phi) is 6.97. The number of likely N-dealkylation sites (tertiary alicyclic amines) is 1. The topological polar surface area (TPSA) is 35.5 Å². The van der Waals surface area contributed by atoms with Crippen molar-refractivity contribution >= 4 is 0 Å². The van der Waals surface area contributed by atoms with Gasteiger partial charge in [0.05, 0.1) is 6.61 Å². The number of aliphatic hydroxyl groups is 1. The average Bonchev–Trinajstić information content (AvgIpc) is 2.53. The van der Waals surface area contributed by atoms with E-state index in [1.807, 2.05) is 0 Å². The minimum absolute atomic E-state index is 0.0856. The van der Waals surface area contributed by atoms with E-state index in [1.54, 1.807) is 0 Å². The molecule has 0 spiro atoms. The van der Waals surface area contributed by atoms with Crippen molar-refractivity contribution < 1.29 is 5.11 Å². The SMILES string of the molecule is CCCNC(C)(CO)CCCN1CCCC2CCCCC21. The maximum Gasteiger partial charge on any atom is 0.0610 e. The van der Waals surface area contributed by atoms with Gasteiger partial charge in [-0.25, -0.2) is 0 Å². The van der Waals surface area contributed by atoms with Gasteiger partial charge in [0.25, 0.3) is 0 Å². The van der Waals surface area contributed by atoms with Crippen LogP contribution >= 0.6 is 0 Å². The van der Waals surface area contributed by atoms with Gasteiger partial charge in [-0.3, -0.25) is 0 Å². The molecule has 3 unspecified atom stereocenters. The maximum atomic E-state index is 9.66. The molecule has 0 aromatic rings. The summed E-state index contributed by atoms with van der Waals surface area (Å²) in [5.74, 6) is 0.981. The lowest BCUT2D eigenvalue weighted by molar-refractivity contribution is 0.0559. The number of hydrogen-bond acceptors (Lipinski definition) is 3. The van der Waals surface area contributed by atoms with Gasteiger partial charge in [-0.1, -0.05) is 19.8 Å². The second kappa shape index (κ2) is 8.50. The van der Waals surface area contributed by atoms with Crippen LogP contribution in [0.3, 0.4) is 0 Å². The first-order chi connectivity index (χ1) is 10.2. The molecule has 3 atom stereocenters. The van der Waals surface area contributed by atoms with E-state index in [0.717, 1.165) is 31.3 Å². The number of fused-ring (bicyclic) bond motifs is 1. The highest BCUT2D eigenvalue weighted by Crippen LogP contribution is 2.35. The van der Waals surface area contributed by atoms with E-state index < -0.39 is 0 Å². The lowest BCUT2D eigenvalue weighted by atomic mass is 9.78. The van der Waals surface area contributed by atoms with Gasteiger partial charge < -0.3 is 15.3 Å². The third-order valence-corrected chi connectivity index (χ3v) is 5.68. The van der Waals surface area contributed by atoms with E-state index in [2.05, 4.69) is 24.1 Å². The molecule has 3 nitrogen and oxygen atoms in total. The predicted octanol–water partition coefficient (Wildman–Crippen LogP) is 3.17. The maximum absolute atomic E-state index is 9.66. The standard InChI is InChI=1S/C18H36N2O/c1-3-12-19-18(2,15-21)11-7-14-20-13-6-9-16-8-4-5-10-17(16)20/h16-17,19,21H,3-15H2,1-2H3. The predicted molar refractivity (Wildman–Crippen MR) is 89.6 cm³/mol. The van der Waals surface area contributed by atoms with Crippen LogP contribution < -0.4 is 5.32 Å². The van der Waals surface area contributed by atoms with Gasteiger partial charge in [-0.15, -0.1) is 0 Å². The molecule has 2 N–H and O–H groups in total. The van der Waals surface area contributed by atoms with Gasteiger partial charge in [0.1, 0.15) is 0 Å². The van der Waals surface area contributed by atoms with Crippen LogP contribution in [0.1, 0.15) is 71.6 Å². The molecule has 124 valence electrons. The third-order valence-electron chi connectivity index (χ3n) is 5.68. The smallest absolute Gasteiger partial charge is 0.0610 e. The summed E-state index contributed by atoms with van der Waals surface area (Å²) in [6.45, 7) is 8.14. The third kappa shape index (κ3) is 4.94. The van der Waals surface area contributed by atoms with Gasteiger partial charge in [0, 0.05) is 11.6 Å². The summed E-state index contributed by atoms with van der Waals surface area (Å²) < 4.78 is 0. The fourth-order valence-electron chi connectivity index (χ4n) is 4.33. The highest BCUT2D eigenvalue weighted by Gasteiger charge is 2.33. The highest BCUT2D eigenvalue weighted by molar-refractivity contribution is 4.88. The van der Waals surface area contributed by atoms with Gasteiger partial charge in [-0.05, 0) is 77.4 Å². The van der Waals surface area contributed by atoms with Crippen molar-refractivity contribution in [3.63, 3.8) is 0 Å². The number of nitrogens with one attached hydrogen (secondary N) is 1. The molecular formula is C18H36N2O. The fraction of sp³-hybridized carbons (Fsp3) is 1.00. The molecule has 0 radical (unpaired) electrons. The number of hydrogen-bond donors (Lipinski definition) is 2. The normalized spacial score (nSPS) is 29.9. The molecule has 0 aromatic carbocycles. The Balaban J connectivity index is 1.76. The van der Waals surface area contributed by atoms with E-state index in [4.69, 9.17) is 0 Å². The average molecular weight is 296 g/mol. The van der Waals surface area contributed by atoms with Crippen molar-refractivity contribution in [2.24, 2.45) is 5.92 Å². The Morgan fingerprint density at radius 2 is 1.95 bits per heavy atom. The van der Waals surface area contributed by atoms with E-state index in [1.165, 1.54) is 58.0 Å². The lowest BCUT2D eigenvalue weighted by Crippen LogP contribution is -2.49. The molecule has 2 aliphatic rings. The quantitative estimate of drug-likeness (QED) is 0.722. The molecule has 0 aromatic heterocycles. The zero-order chi connectivity index (χ0) is 15.1. The Morgan fingerprint density at radius 1 is 1.19 bits per heavy atom. The van der Waals surface area contributed by atoms with Gasteiger partial charge in [0.2, 0.25) is 0 Å². The molecule has 2 rings (SSSR count). The monoisotopic (exact) mass is 296 g/mol. The molecule has 1 saturated carbocycles. The molecule has 1 aliphatic heterocycles. The van der Waals surface area contributed by atoms with Crippen molar-refractivity contribution in [2.45, 2.75) is 83.2 Å². The highest BCUT2D eigenvalue weighted by atomic mass is 16.3. The van der Waals surface area contributed by atoms with Crippen LogP contribution in [0.4, 0.5) is 0 Å². The van der Waals surface area contributed by atoms with Crippen molar-refractivity contribution in [3.8, 4) is 0 Å². The first kappa shape index (κ1) is 17.2. The van der Waals surface area contributed by atoms with E-state index in [-0.39, 0.29) is 12.1 Å². The van der Waals surface area contributed by atoms with Gasteiger partial charge in [0.15, 0.2) is 0 Å². The zero-order valence-electron chi connectivity index (χ0n) is 14.2. The summed E-state index contributed by atoms with van der Waals surface area (Å²) in [5, 5.41) is 13.2. The van der Waals surface area contributed by atoms with Crippen molar-refractivity contribution in [1.82, 2.24) is 10.2 Å². The first-order valence-electron chi connectivity index (χ1n) is 9.28. The molecule has 1 heterocycles. The van der Waals surface area contributed by atoms with Crippen molar-refractivity contribution in [1.29, 1.82) is 0 Å². The zero-order valence-corrected chi connectivity index (χ0v) is 14.2. The fourth-order valence-corrected chi connectivity index (χ4v) is 4.33. The molecule has 1 aliphatic carbocycles. The van der Waals surface area contributed by atoms with E-state index >= 15 is 0 Å². The van der Waals surface area contributed by atoms with Crippen LogP contribution in [0, 0.1) is 5.92 Å². The summed E-state index contributed by atoms with van der Waals surface area (Å²) in [7, 11) is 0. The molecule has 3 heteroatoms. The minimum atomic E-state index is -0.0856. The summed E-state index contributed by atoms with van der Waals surface area (Å²) >= 11 is 0. The van der Waals surface area contributed by atoms with E-state index in [9.17, 15) is 5.11 Å². The van der Waals surface area contributed by atoms with Gasteiger partial charge in [-0.2, -0.15) is 0 Å². The molecule has 21 heavy (non-hydrogen) atoms. The second-order valence-corrected chi connectivity index (χ2v) is 7.54. The number of piperidine rings is 1. The molecular weight excluding hydrogens is 260 g/mol. The van der Waals surface area contributed by atoms with Crippen molar-refractivity contribution in [3.05, 3.63) is 0 Å². The molecule has 0 bridgehead atoms. The molecule has 1 saturated heterocycles. The van der Waals surface area contributed by atoms with Crippen LogP contribution in [-0.4, -0.2) is 47.8 Å². The van der Waals surface area contributed by atoms with Crippen LogP contribution in [0.2, 0.25) is 0 Å². The largest absolute Gasteiger partial charge is 0.394 e. The summed E-state index contributed by atoms with van der Waals surface area (Å²) in [5.41, 5.74) is -0.0856. The minimum Gasteiger partial charge on any atom is -0.394 e. The summed E-state index contributed by atoms with van der Waals surface area (Å²) in [6, 6.07) is 0.872. The lowest BCUT2D eigenvalue weighted by Gasteiger charge is -2.44. The van der Waals surface area contributed by atoms with Gasteiger partial charge >= 0.3 is 0 Å². The van der Waals surface area contributed by atoms with Crippen molar-refractivity contribution in [2.75, 3.05) is 26.2 Å². The number of nitrogens with zero attached hydrogens (tertiary/aromatic N) is 1. The molecule has 0 amide bonds. The Hall–Kier alpha value is -0.120.